The Morgan fingerprint density at radius 2 is 2.05 bits per heavy atom. The Bertz CT molecular complexity index is 391. The van der Waals surface area contributed by atoms with Gasteiger partial charge in [0, 0.05) is 19.5 Å². The molecule has 0 fully saturated rings. The fourth-order valence-corrected chi connectivity index (χ4v) is 1.93. The summed E-state index contributed by atoms with van der Waals surface area (Å²) in [5.74, 6) is 0.892. The molecule has 0 saturated heterocycles. The number of carbonyl (C=O) groups excluding carboxylic acids is 1. The number of likely N-dealkylation sites (N-methyl/N-ethyl adjacent to an activating group) is 1. The van der Waals surface area contributed by atoms with Crippen molar-refractivity contribution in [2.45, 2.75) is 19.8 Å². The maximum absolute atomic E-state index is 11.5. The van der Waals surface area contributed by atoms with Crippen molar-refractivity contribution in [2.24, 2.45) is 0 Å². The van der Waals surface area contributed by atoms with Gasteiger partial charge in [0.2, 0.25) is 5.91 Å². The van der Waals surface area contributed by atoms with Gasteiger partial charge >= 0.3 is 0 Å². The van der Waals surface area contributed by atoms with Crippen molar-refractivity contribution in [2.75, 3.05) is 26.2 Å². The number of benzene rings is 1. The first kappa shape index (κ1) is 19.2. The summed E-state index contributed by atoms with van der Waals surface area (Å²) in [5.41, 5.74) is 0. The Labute approximate surface area is 135 Å². The lowest BCUT2D eigenvalue weighted by Crippen LogP contribution is -2.31. The van der Waals surface area contributed by atoms with Gasteiger partial charge in [-0.3, -0.25) is 4.79 Å². The summed E-state index contributed by atoms with van der Waals surface area (Å²) in [6.07, 6.45) is 1.21. The maximum atomic E-state index is 11.5. The Morgan fingerprint density at radius 3 is 2.75 bits per heavy atom. The van der Waals surface area contributed by atoms with E-state index in [4.69, 9.17) is 4.74 Å². The second kappa shape index (κ2) is 12.0. The zero-order valence-electron chi connectivity index (χ0n) is 11.7. The molecule has 2 N–H and O–H groups in total. The molecule has 0 aromatic heterocycles. The molecule has 0 radical (unpaired) electrons. The van der Waals surface area contributed by atoms with Crippen LogP contribution >= 0.6 is 28.3 Å². The van der Waals surface area contributed by atoms with Crippen molar-refractivity contribution in [1.82, 2.24) is 10.6 Å². The van der Waals surface area contributed by atoms with E-state index in [1.807, 2.05) is 31.2 Å². The molecule has 1 aromatic rings. The monoisotopic (exact) mass is 364 g/mol. The van der Waals surface area contributed by atoms with Gasteiger partial charge in [-0.25, -0.2) is 0 Å². The Hall–Kier alpha value is -0.780. The number of hydrogen-bond donors (Lipinski definition) is 2. The van der Waals surface area contributed by atoms with E-state index in [0.717, 1.165) is 23.3 Å². The molecule has 0 aliphatic heterocycles. The van der Waals surface area contributed by atoms with Crippen LogP contribution in [0, 0.1) is 0 Å². The van der Waals surface area contributed by atoms with Crippen LogP contribution in [0.15, 0.2) is 28.7 Å². The van der Waals surface area contributed by atoms with Crippen LogP contribution in [0.3, 0.4) is 0 Å². The van der Waals surface area contributed by atoms with E-state index in [9.17, 15) is 4.79 Å². The fourth-order valence-electron chi connectivity index (χ4n) is 1.53. The molecule has 0 bridgehead atoms. The van der Waals surface area contributed by atoms with Crippen LogP contribution in [0.1, 0.15) is 19.8 Å². The van der Waals surface area contributed by atoms with Crippen molar-refractivity contribution in [1.29, 1.82) is 0 Å². The second-order valence-corrected chi connectivity index (χ2v) is 4.94. The smallest absolute Gasteiger partial charge is 0.220 e. The lowest BCUT2D eigenvalue weighted by molar-refractivity contribution is -0.121. The second-order valence-electron chi connectivity index (χ2n) is 4.09. The Kier molecular flexibility index (Phi) is 11.5. The largest absolute Gasteiger partial charge is 0.492 e. The minimum absolute atomic E-state index is 0. The van der Waals surface area contributed by atoms with Gasteiger partial charge in [-0.15, -0.1) is 12.4 Å². The molecule has 6 heteroatoms. The molecular formula is C14H22BrClN2O2. The predicted octanol–water partition coefficient (Wildman–Crippen LogP) is 2.76. The van der Waals surface area contributed by atoms with Gasteiger partial charge in [0.25, 0.3) is 0 Å². The van der Waals surface area contributed by atoms with Crippen LogP contribution in [-0.4, -0.2) is 32.1 Å². The number of halogens is 2. The van der Waals surface area contributed by atoms with Crippen molar-refractivity contribution < 1.29 is 9.53 Å². The van der Waals surface area contributed by atoms with Crippen LogP contribution in [0.4, 0.5) is 0 Å². The molecule has 20 heavy (non-hydrogen) atoms. The highest BCUT2D eigenvalue weighted by atomic mass is 79.9. The molecule has 0 heterocycles. The number of rotatable bonds is 9. The normalized spacial score (nSPS) is 9.70. The quantitative estimate of drug-likeness (QED) is 0.662. The number of carbonyl (C=O) groups is 1. The van der Waals surface area contributed by atoms with Gasteiger partial charge in [0.05, 0.1) is 11.1 Å². The zero-order chi connectivity index (χ0) is 13.9. The van der Waals surface area contributed by atoms with Gasteiger partial charge in [-0.1, -0.05) is 19.1 Å². The molecule has 114 valence electrons. The minimum atomic E-state index is 0. The lowest BCUT2D eigenvalue weighted by atomic mass is 10.3. The van der Waals surface area contributed by atoms with Crippen LogP contribution in [0.5, 0.6) is 5.75 Å². The summed E-state index contributed by atoms with van der Waals surface area (Å²) in [6, 6.07) is 7.70. The third-order valence-corrected chi connectivity index (χ3v) is 3.17. The molecule has 0 unspecified atom stereocenters. The van der Waals surface area contributed by atoms with Crippen molar-refractivity contribution in [3.63, 3.8) is 0 Å². The van der Waals surface area contributed by atoms with Crippen LogP contribution in [-0.2, 0) is 4.79 Å². The summed E-state index contributed by atoms with van der Waals surface area (Å²) in [5, 5.41) is 6.02. The topological polar surface area (TPSA) is 50.4 Å². The zero-order valence-corrected chi connectivity index (χ0v) is 14.1. The van der Waals surface area contributed by atoms with Gasteiger partial charge in [0.1, 0.15) is 5.75 Å². The summed E-state index contributed by atoms with van der Waals surface area (Å²) in [4.78, 5) is 11.5. The molecule has 0 saturated carbocycles. The van der Waals surface area contributed by atoms with Crippen molar-refractivity contribution >= 4 is 34.2 Å². The molecule has 0 atom stereocenters. The molecule has 0 spiro atoms. The standard InChI is InChI=1S/C14H21BrN2O2.ClH/c1-2-16-9-10-17-14(18)8-5-11-19-13-7-4-3-6-12(13)15;/h3-4,6-7,16H,2,5,8-11H2,1H3,(H,17,18);1H. The Morgan fingerprint density at radius 1 is 1.30 bits per heavy atom. The first-order valence-electron chi connectivity index (χ1n) is 6.58. The molecule has 1 rings (SSSR count). The van der Waals surface area contributed by atoms with E-state index in [1.165, 1.54) is 0 Å². The highest BCUT2D eigenvalue weighted by molar-refractivity contribution is 9.10. The van der Waals surface area contributed by atoms with Crippen LogP contribution < -0.4 is 15.4 Å². The maximum Gasteiger partial charge on any atom is 0.220 e. The Balaban J connectivity index is 0.00000361. The van der Waals surface area contributed by atoms with Gasteiger partial charge < -0.3 is 15.4 Å². The average Bonchev–Trinajstić information content (AvgIpc) is 2.41. The highest BCUT2D eigenvalue weighted by Crippen LogP contribution is 2.23. The van der Waals surface area contributed by atoms with E-state index in [-0.39, 0.29) is 18.3 Å². The SMILES string of the molecule is CCNCCNC(=O)CCCOc1ccccc1Br.Cl. The lowest BCUT2D eigenvalue weighted by Gasteiger charge is -2.08. The van der Waals surface area contributed by atoms with Crippen molar-refractivity contribution in [3.8, 4) is 5.75 Å². The highest BCUT2D eigenvalue weighted by Gasteiger charge is 2.02. The van der Waals surface area contributed by atoms with E-state index in [1.54, 1.807) is 0 Å². The first-order valence-corrected chi connectivity index (χ1v) is 7.38. The number of ether oxygens (including phenoxy) is 1. The molecule has 1 aromatic carbocycles. The third-order valence-electron chi connectivity index (χ3n) is 2.52. The van der Waals surface area contributed by atoms with E-state index in [0.29, 0.717) is 26.0 Å². The summed E-state index contributed by atoms with van der Waals surface area (Å²) in [6.45, 7) is 5.01. The predicted molar refractivity (Wildman–Crippen MR) is 87.7 cm³/mol. The van der Waals surface area contributed by atoms with Gasteiger partial charge in [-0.05, 0) is 41.0 Å². The number of hydrogen-bond acceptors (Lipinski definition) is 3. The molecule has 1 amide bonds. The fraction of sp³-hybridized carbons (Fsp3) is 0.500. The van der Waals surface area contributed by atoms with Gasteiger partial charge in [0.15, 0.2) is 0 Å². The van der Waals surface area contributed by atoms with Crippen LogP contribution in [0.2, 0.25) is 0 Å². The number of nitrogens with one attached hydrogen (secondary N) is 2. The molecule has 4 nitrogen and oxygen atoms in total. The number of para-hydroxylation sites is 1. The van der Waals surface area contributed by atoms with E-state index in [2.05, 4.69) is 26.6 Å². The number of amides is 1. The third kappa shape index (κ3) is 8.40. The van der Waals surface area contributed by atoms with Crippen molar-refractivity contribution in [3.05, 3.63) is 28.7 Å². The summed E-state index contributed by atoms with van der Waals surface area (Å²) in [7, 11) is 0. The molecular weight excluding hydrogens is 344 g/mol. The van der Waals surface area contributed by atoms with E-state index < -0.39 is 0 Å². The molecule has 0 aliphatic rings. The van der Waals surface area contributed by atoms with Gasteiger partial charge in [-0.2, -0.15) is 0 Å². The molecule has 0 aliphatic carbocycles. The average molecular weight is 366 g/mol. The van der Waals surface area contributed by atoms with Crippen LogP contribution in [0.25, 0.3) is 0 Å². The summed E-state index contributed by atoms with van der Waals surface area (Å²) >= 11 is 3.41. The van der Waals surface area contributed by atoms with E-state index >= 15 is 0 Å². The minimum Gasteiger partial charge on any atom is -0.492 e. The first-order chi connectivity index (χ1) is 9.24. The summed E-state index contributed by atoms with van der Waals surface area (Å²) < 4.78 is 6.53.